The van der Waals surface area contributed by atoms with E-state index in [-0.39, 0.29) is 18.2 Å². The molecule has 2 aromatic rings. The van der Waals surface area contributed by atoms with Gasteiger partial charge in [0.2, 0.25) is 11.8 Å². The minimum Gasteiger partial charge on any atom is -0.326 e. The summed E-state index contributed by atoms with van der Waals surface area (Å²) in [6, 6.07) is 12.2. The van der Waals surface area contributed by atoms with Gasteiger partial charge in [0.1, 0.15) is 5.25 Å². The summed E-state index contributed by atoms with van der Waals surface area (Å²) >= 11 is 13.1. The summed E-state index contributed by atoms with van der Waals surface area (Å²) in [4.78, 5) is 28.7. The monoisotopic (exact) mass is 407 g/mol. The second-order valence-electron chi connectivity index (χ2n) is 5.71. The summed E-state index contributed by atoms with van der Waals surface area (Å²) in [6.45, 7) is 1.89. The van der Waals surface area contributed by atoms with Gasteiger partial charge in [0.15, 0.2) is 5.17 Å². The van der Waals surface area contributed by atoms with Crippen molar-refractivity contribution in [3.8, 4) is 0 Å². The molecule has 0 aliphatic carbocycles. The number of aryl methyl sites for hydroxylation is 1. The maximum atomic E-state index is 12.2. The van der Waals surface area contributed by atoms with Crippen molar-refractivity contribution < 1.29 is 9.59 Å². The summed E-state index contributed by atoms with van der Waals surface area (Å²) in [5.74, 6) is -0.495. The minimum absolute atomic E-state index is 0.0433. The lowest BCUT2D eigenvalue weighted by Crippen LogP contribution is -2.28. The fraction of sp³-hybridized carbons (Fsp3) is 0.167. The fourth-order valence-corrected chi connectivity index (χ4v) is 3.79. The Bertz CT molecular complexity index is 902. The van der Waals surface area contributed by atoms with Crippen molar-refractivity contribution in [2.45, 2.75) is 18.6 Å². The molecule has 2 N–H and O–H groups in total. The molecule has 8 heteroatoms. The van der Waals surface area contributed by atoms with Gasteiger partial charge >= 0.3 is 0 Å². The molecule has 5 nitrogen and oxygen atoms in total. The third kappa shape index (κ3) is 4.78. The number of nitrogens with zero attached hydrogens (tertiary/aromatic N) is 1. The van der Waals surface area contributed by atoms with E-state index in [9.17, 15) is 9.59 Å². The molecule has 0 radical (unpaired) electrons. The molecule has 0 saturated carbocycles. The number of amides is 2. The van der Waals surface area contributed by atoms with Gasteiger partial charge in [0, 0.05) is 22.2 Å². The van der Waals surface area contributed by atoms with Crippen molar-refractivity contribution in [2.75, 3.05) is 5.32 Å². The van der Waals surface area contributed by atoms with Gasteiger partial charge in [-0.3, -0.25) is 9.59 Å². The van der Waals surface area contributed by atoms with Crippen LogP contribution in [-0.4, -0.2) is 22.2 Å². The quantitative estimate of drug-likeness (QED) is 0.780. The highest BCUT2D eigenvalue weighted by molar-refractivity contribution is 8.15. The lowest BCUT2D eigenvalue weighted by molar-refractivity contribution is -0.122. The number of carbonyl (C=O) groups excluding carboxylic acids is 2. The molecule has 1 atom stereocenters. The fourth-order valence-electron chi connectivity index (χ4n) is 2.39. The number of thioether (sulfide) groups is 1. The molecule has 0 spiro atoms. The van der Waals surface area contributed by atoms with Crippen LogP contribution in [0.1, 0.15) is 12.0 Å². The molecule has 134 valence electrons. The van der Waals surface area contributed by atoms with E-state index in [0.29, 0.717) is 20.9 Å². The molecule has 0 bridgehead atoms. The number of aliphatic imine (C=N–C) groups is 1. The number of hydrogen-bond donors (Lipinski definition) is 2. The Morgan fingerprint density at radius 3 is 2.73 bits per heavy atom. The van der Waals surface area contributed by atoms with Crippen LogP contribution in [0.25, 0.3) is 0 Å². The Balaban J connectivity index is 1.64. The summed E-state index contributed by atoms with van der Waals surface area (Å²) in [6.07, 6.45) is 0.0433. The number of hydrogen-bond acceptors (Lipinski definition) is 4. The first-order chi connectivity index (χ1) is 12.4. The first kappa shape index (κ1) is 18.8. The second-order valence-corrected chi connectivity index (χ2v) is 7.77. The van der Waals surface area contributed by atoms with E-state index in [1.54, 1.807) is 42.5 Å². The van der Waals surface area contributed by atoms with Crippen LogP contribution in [0.3, 0.4) is 0 Å². The van der Waals surface area contributed by atoms with Crippen molar-refractivity contribution in [1.29, 1.82) is 0 Å². The highest BCUT2D eigenvalue weighted by atomic mass is 35.5. The van der Waals surface area contributed by atoms with Crippen LogP contribution in [0.15, 0.2) is 47.5 Å². The van der Waals surface area contributed by atoms with Crippen molar-refractivity contribution >= 4 is 63.3 Å². The van der Waals surface area contributed by atoms with E-state index in [0.717, 1.165) is 11.3 Å². The average Bonchev–Trinajstić information content (AvgIpc) is 2.89. The molecule has 2 aromatic carbocycles. The molecule has 26 heavy (non-hydrogen) atoms. The van der Waals surface area contributed by atoms with Gasteiger partial charge in [0.05, 0.1) is 5.69 Å². The molecular formula is C18H15Cl2N3O2S. The highest BCUT2D eigenvalue weighted by Crippen LogP contribution is 2.28. The third-order valence-corrected chi connectivity index (χ3v) is 5.19. The van der Waals surface area contributed by atoms with Crippen LogP contribution >= 0.6 is 35.0 Å². The van der Waals surface area contributed by atoms with E-state index in [1.165, 1.54) is 11.8 Å². The Hall–Kier alpha value is -2.02. The summed E-state index contributed by atoms with van der Waals surface area (Å²) in [7, 11) is 0. The Labute approximate surface area is 165 Å². The number of anilines is 1. The zero-order valence-corrected chi connectivity index (χ0v) is 16.1. The topological polar surface area (TPSA) is 70.6 Å². The van der Waals surface area contributed by atoms with E-state index in [2.05, 4.69) is 15.6 Å². The van der Waals surface area contributed by atoms with Gasteiger partial charge < -0.3 is 10.6 Å². The van der Waals surface area contributed by atoms with E-state index < -0.39 is 5.25 Å². The molecule has 1 aliphatic heterocycles. The molecule has 0 unspecified atom stereocenters. The molecule has 1 aliphatic rings. The maximum Gasteiger partial charge on any atom is 0.240 e. The van der Waals surface area contributed by atoms with E-state index in [1.807, 2.05) is 6.92 Å². The third-order valence-electron chi connectivity index (χ3n) is 3.64. The zero-order chi connectivity index (χ0) is 18.7. The maximum absolute atomic E-state index is 12.2. The Morgan fingerprint density at radius 1 is 1.23 bits per heavy atom. The number of carbonyl (C=O) groups is 2. The molecular weight excluding hydrogens is 393 g/mol. The second kappa shape index (κ2) is 8.12. The van der Waals surface area contributed by atoms with E-state index >= 15 is 0 Å². The number of rotatable bonds is 4. The predicted octanol–water partition coefficient (Wildman–Crippen LogP) is 4.55. The minimum atomic E-state index is -0.527. The van der Waals surface area contributed by atoms with Gasteiger partial charge in [-0.25, -0.2) is 4.99 Å². The van der Waals surface area contributed by atoms with Crippen LogP contribution in [0.4, 0.5) is 11.4 Å². The van der Waals surface area contributed by atoms with Crippen LogP contribution in [-0.2, 0) is 9.59 Å². The van der Waals surface area contributed by atoms with Gasteiger partial charge in [-0.15, -0.1) is 0 Å². The normalized spacial score (nSPS) is 18.0. The largest absolute Gasteiger partial charge is 0.326 e. The van der Waals surface area contributed by atoms with Crippen molar-refractivity contribution in [3.05, 3.63) is 58.1 Å². The van der Waals surface area contributed by atoms with Gasteiger partial charge in [-0.2, -0.15) is 0 Å². The zero-order valence-electron chi connectivity index (χ0n) is 13.8. The average molecular weight is 408 g/mol. The molecule has 3 rings (SSSR count). The van der Waals surface area contributed by atoms with Gasteiger partial charge in [-0.1, -0.05) is 41.0 Å². The SMILES string of the molecule is Cc1cc(Cl)ccc1N=C1NC(=O)[C@H](CC(=O)Nc2cccc(Cl)c2)S1. The van der Waals surface area contributed by atoms with Crippen molar-refractivity contribution in [3.63, 3.8) is 0 Å². The number of halogens is 2. The van der Waals surface area contributed by atoms with E-state index in [4.69, 9.17) is 23.2 Å². The number of benzene rings is 2. The number of nitrogens with one attached hydrogen (secondary N) is 2. The first-order valence-corrected chi connectivity index (χ1v) is 9.42. The first-order valence-electron chi connectivity index (χ1n) is 7.78. The van der Waals surface area contributed by atoms with Crippen LogP contribution in [0.5, 0.6) is 0 Å². The lowest BCUT2D eigenvalue weighted by atomic mass is 10.2. The van der Waals surface area contributed by atoms with Gasteiger partial charge in [-0.05, 0) is 48.9 Å². The van der Waals surface area contributed by atoms with Crippen molar-refractivity contribution in [2.24, 2.45) is 4.99 Å². The van der Waals surface area contributed by atoms with Crippen LogP contribution in [0.2, 0.25) is 10.0 Å². The Kier molecular flexibility index (Phi) is 5.86. The summed E-state index contributed by atoms with van der Waals surface area (Å²) < 4.78 is 0. The molecule has 0 aromatic heterocycles. The molecule has 2 amide bonds. The number of amidine groups is 1. The smallest absolute Gasteiger partial charge is 0.240 e. The Morgan fingerprint density at radius 2 is 2.00 bits per heavy atom. The molecule has 1 fully saturated rings. The molecule has 1 saturated heterocycles. The lowest BCUT2D eigenvalue weighted by Gasteiger charge is -2.07. The summed E-state index contributed by atoms with van der Waals surface area (Å²) in [5.41, 5.74) is 2.22. The standard InChI is InChI=1S/C18H15Cl2N3O2S/c1-10-7-12(20)5-6-14(10)22-18-23-17(25)15(26-18)9-16(24)21-13-4-2-3-11(19)8-13/h2-8,15H,9H2,1H3,(H,21,24)(H,22,23,25)/t15-/m0/s1. The van der Waals surface area contributed by atoms with Crippen LogP contribution in [0, 0.1) is 6.92 Å². The van der Waals surface area contributed by atoms with Gasteiger partial charge in [0.25, 0.3) is 0 Å². The highest BCUT2D eigenvalue weighted by Gasteiger charge is 2.32. The summed E-state index contributed by atoms with van der Waals surface area (Å²) in [5, 5.41) is 6.56. The predicted molar refractivity (Wildman–Crippen MR) is 108 cm³/mol. The van der Waals surface area contributed by atoms with Crippen molar-refractivity contribution in [1.82, 2.24) is 5.32 Å². The van der Waals surface area contributed by atoms with Crippen LogP contribution < -0.4 is 10.6 Å². The molecule has 1 heterocycles.